The first kappa shape index (κ1) is 19.7. The second kappa shape index (κ2) is 12.1. The summed E-state index contributed by atoms with van der Waals surface area (Å²) in [5.74, 6) is -0.566. The maximum Gasteiger partial charge on any atom is 0.347 e. The van der Waals surface area contributed by atoms with E-state index in [-0.39, 0.29) is 6.04 Å². The van der Waals surface area contributed by atoms with Crippen LogP contribution in [0.2, 0.25) is 0 Å². The second-order valence-corrected chi connectivity index (χ2v) is 6.44. The monoisotopic (exact) mass is 323 g/mol. The fourth-order valence-corrected chi connectivity index (χ4v) is 3.02. The summed E-state index contributed by atoms with van der Waals surface area (Å²) >= 11 is 0. The molecule has 0 aliphatic carbocycles. The van der Waals surface area contributed by atoms with E-state index in [1.54, 1.807) is 0 Å². The number of hydrogen-bond donors (Lipinski definition) is 1. The standard InChI is InChI=1S/C19H33NO3/c1-3-5-6-7-8-9-10-11-12-13-14-15-16-18(19(21)22)23-17(4-2)20-16/h4,16,18H,2-3,5-15H2,1H3,(H,21,22)/t16-,18-/m0/s1. The number of hydrogen-bond acceptors (Lipinski definition) is 3. The van der Waals surface area contributed by atoms with Crippen LogP contribution in [0.5, 0.6) is 0 Å². The van der Waals surface area contributed by atoms with Gasteiger partial charge in [-0.2, -0.15) is 0 Å². The van der Waals surface area contributed by atoms with Crippen LogP contribution in [0, 0.1) is 0 Å². The smallest absolute Gasteiger partial charge is 0.347 e. The van der Waals surface area contributed by atoms with Gasteiger partial charge in [-0.25, -0.2) is 9.79 Å². The third-order valence-corrected chi connectivity index (χ3v) is 4.41. The highest BCUT2D eigenvalue weighted by Crippen LogP contribution is 2.21. The van der Waals surface area contributed by atoms with E-state index in [0.717, 1.165) is 19.3 Å². The molecule has 1 aliphatic heterocycles. The van der Waals surface area contributed by atoms with Gasteiger partial charge in [0.1, 0.15) is 6.04 Å². The van der Waals surface area contributed by atoms with Crippen molar-refractivity contribution in [3.8, 4) is 0 Å². The molecule has 0 aromatic heterocycles. The van der Waals surface area contributed by atoms with Gasteiger partial charge in [-0.05, 0) is 12.5 Å². The molecule has 1 N–H and O–H groups in total. The van der Waals surface area contributed by atoms with Gasteiger partial charge in [-0.15, -0.1) is 0 Å². The number of aliphatic imine (C=N–C) groups is 1. The van der Waals surface area contributed by atoms with E-state index in [4.69, 9.17) is 9.84 Å². The molecule has 0 saturated carbocycles. The molecule has 0 fully saturated rings. The van der Waals surface area contributed by atoms with E-state index < -0.39 is 12.1 Å². The summed E-state index contributed by atoms with van der Waals surface area (Å²) < 4.78 is 5.27. The van der Waals surface area contributed by atoms with Crippen LogP contribution in [-0.2, 0) is 9.53 Å². The Balaban J connectivity index is 2.01. The van der Waals surface area contributed by atoms with Crippen LogP contribution in [0.15, 0.2) is 17.6 Å². The number of rotatable bonds is 14. The number of aliphatic carboxylic acids is 1. The van der Waals surface area contributed by atoms with Crippen LogP contribution in [-0.4, -0.2) is 29.1 Å². The van der Waals surface area contributed by atoms with E-state index in [1.165, 1.54) is 63.9 Å². The van der Waals surface area contributed by atoms with Crippen molar-refractivity contribution in [1.29, 1.82) is 0 Å². The van der Waals surface area contributed by atoms with Crippen LogP contribution in [0.1, 0.15) is 84.0 Å². The molecule has 1 aliphatic rings. The van der Waals surface area contributed by atoms with Crippen molar-refractivity contribution in [3.05, 3.63) is 12.7 Å². The van der Waals surface area contributed by atoms with Crippen molar-refractivity contribution in [2.24, 2.45) is 4.99 Å². The topological polar surface area (TPSA) is 58.9 Å². The largest absolute Gasteiger partial charge is 0.478 e. The molecule has 0 saturated heterocycles. The van der Waals surface area contributed by atoms with E-state index in [2.05, 4.69) is 18.5 Å². The molecule has 1 rings (SSSR count). The van der Waals surface area contributed by atoms with Crippen LogP contribution in [0.3, 0.4) is 0 Å². The summed E-state index contributed by atoms with van der Waals surface area (Å²) in [7, 11) is 0. The lowest BCUT2D eigenvalue weighted by atomic mass is 10.0. The lowest BCUT2D eigenvalue weighted by Gasteiger charge is -2.12. The first-order valence-corrected chi connectivity index (χ1v) is 9.28. The fraction of sp³-hybridized carbons (Fsp3) is 0.789. The summed E-state index contributed by atoms with van der Waals surface area (Å²) in [6, 6.07) is -0.251. The van der Waals surface area contributed by atoms with Gasteiger partial charge in [-0.1, -0.05) is 84.1 Å². The molecule has 0 radical (unpaired) electrons. The fourth-order valence-electron chi connectivity index (χ4n) is 3.02. The van der Waals surface area contributed by atoms with E-state index in [0.29, 0.717) is 5.90 Å². The highest BCUT2D eigenvalue weighted by atomic mass is 16.5. The Morgan fingerprint density at radius 2 is 1.61 bits per heavy atom. The molecule has 0 unspecified atom stereocenters. The lowest BCUT2D eigenvalue weighted by Crippen LogP contribution is -2.31. The van der Waals surface area contributed by atoms with Gasteiger partial charge >= 0.3 is 5.97 Å². The van der Waals surface area contributed by atoms with Crippen molar-refractivity contribution >= 4 is 11.9 Å². The Bertz CT molecular complexity index is 379. The maximum absolute atomic E-state index is 11.1. The van der Waals surface area contributed by atoms with Crippen molar-refractivity contribution in [1.82, 2.24) is 0 Å². The minimum Gasteiger partial charge on any atom is -0.478 e. The number of unbranched alkanes of at least 4 members (excludes halogenated alkanes) is 10. The zero-order chi connectivity index (χ0) is 16.9. The first-order chi connectivity index (χ1) is 11.2. The average Bonchev–Trinajstić information content (AvgIpc) is 2.96. The Hall–Kier alpha value is -1.32. The third kappa shape index (κ3) is 8.19. The number of carboxylic acid groups (broad SMARTS) is 1. The number of carbonyl (C=O) groups is 1. The molecule has 0 aromatic rings. The average molecular weight is 323 g/mol. The molecule has 2 atom stereocenters. The van der Waals surface area contributed by atoms with E-state index in [1.807, 2.05) is 0 Å². The predicted octanol–water partition coefficient (Wildman–Crippen LogP) is 5.12. The SMILES string of the molecule is C=CC1=N[C@@H](CCCCCCCCCCCCC)[C@@H](C(=O)O)O1. The highest BCUT2D eigenvalue weighted by molar-refractivity contribution is 5.92. The summed E-state index contributed by atoms with van der Waals surface area (Å²) in [6.07, 6.45) is 15.6. The van der Waals surface area contributed by atoms with Gasteiger partial charge in [0, 0.05) is 0 Å². The molecule has 4 nitrogen and oxygen atoms in total. The van der Waals surface area contributed by atoms with Crippen LogP contribution in [0.25, 0.3) is 0 Å². The molecular weight excluding hydrogens is 290 g/mol. The molecule has 0 spiro atoms. The van der Waals surface area contributed by atoms with Crippen molar-refractivity contribution in [2.75, 3.05) is 0 Å². The highest BCUT2D eigenvalue weighted by Gasteiger charge is 2.35. The van der Waals surface area contributed by atoms with Gasteiger partial charge in [0.25, 0.3) is 0 Å². The minimum absolute atomic E-state index is 0.251. The van der Waals surface area contributed by atoms with Crippen molar-refractivity contribution < 1.29 is 14.6 Å². The second-order valence-electron chi connectivity index (χ2n) is 6.44. The van der Waals surface area contributed by atoms with Crippen molar-refractivity contribution in [3.63, 3.8) is 0 Å². The normalized spacial score (nSPS) is 20.1. The molecule has 1 heterocycles. The third-order valence-electron chi connectivity index (χ3n) is 4.41. The number of carboxylic acids is 1. The summed E-state index contributed by atoms with van der Waals surface area (Å²) in [5, 5.41) is 9.14. The maximum atomic E-state index is 11.1. The van der Waals surface area contributed by atoms with Crippen LogP contribution >= 0.6 is 0 Å². The first-order valence-electron chi connectivity index (χ1n) is 9.28. The van der Waals surface area contributed by atoms with Crippen LogP contribution < -0.4 is 0 Å². The van der Waals surface area contributed by atoms with E-state index in [9.17, 15) is 4.79 Å². The molecular formula is C19H33NO3. The van der Waals surface area contributed by atoms with Gasteiger partial charge < -0.3 is 9.84 Å². The summed E-state index contributed by atoms with van der Waals surface area (Å²) in [6.45, 7) is 5.83. The summed E-state index contributed by atoms with van der Waals surface area (Å²) in [4.78, 5) is 15.4. The van der Waals surface area contributed by atoms with Gasteiger partial charge in [0.2, 0.25) is 12.0 Å². The van der Waals surface area contributed by atoms with Gasteiger partial charge in [0.05, 0.1) is 0 Å². The molecule has 0 amide bonds. The minimum atomic E-state index is -0.932. The summed E-state index contributed by atoms with van der Waals surface area (Å²) in [5.41, 5.74) is 0. The van der Waals surface area contributed by atoms with Gasteiger partial charge in [-0.3, -0.25) is 0 Å². The zero-order valence-corrected chi connectivity index (χ0v) is 14.6. The molecule has 0 bridgehead atoms. The molecule has 132 valence electrons. The zero-order valence-electron chi connectivity index (χ0n) is 14.6. The van der Waals surface area contributed by atoms with Crippen molar-refractivity contribution in [2.45, 2.75) is 96.1 Å². The Labute approximate surface area is 141 Å². The number of ether oxygens (including phenoxy) is 1. The molecule has 0 aromatic carbocycles. The number of nitrogens with zero attached hydrogens (tertiary/aromatic N) is 1. The molecule has 23 heavy (non-hydrogen) atoms. The lowest BCUT2D eigenvalue weighted by molar-refractivity contribution is -0.145. The quantitative estimate of drug-likeness (QED) is 0.451. The Morgan fingerprint density at radius 3 is 2.09 bits per heavy atom. The Kier molecular flexibility index (Phi) is 10.4. The molecule has 4 heteroatoms. The van der Waals surface area contributed by atoms with Gasteiger partial charge in [0.15, 0.2) is 0 Å². The van der Waals surface area contributed by atoms with Crippen LogP contribution in [0.4, 0.5) is 0 Å². The predicted molar refractivity (Wildman–Crippen MR) is 95.0 cm³/mol. The Morgan fingerprint density at radius 1 is 1.09 bits per heavy atom. The van der Waals surface area contributed by atoms with E-state index >= 15 is 0 Å².